The molecule has 0 radical (unpaired) electrons. The maximum Gasteiger partial charge on any atom is 4.00 e. The van der Waals surface area contributed by atoms with Crippen LogP contribution in [0.2, 0.25) is 0 Å². The predicted octanol–water partition coefficient (Wildman–Crippen LogP) is 2.58. The van der Waals surface area contributed by atoms with E-state index in [0.717, 1.165) is 11.1 Å². The number of hydrogen-bond donors (Lipinski definition) is 1. The summed E-state index contributed by atoms with van der Waals surface area (Å²) < 4.78 is 0. The summed E-state index contributed by atoms with van der Waals surface area (Å²) >= 11 is 0. The monoisotopic (exact) mass is 230 g/mol. The summed E-state index contributed by atoms with van der Waals surface area (Å²) in [5.74, 6) is 0.815. The number of phenols is 1. The number of rotatable bonds is 1. The molecule has 0 aliphatic heterocycles. The van der Waals surface area contributed by atoms with Gasteiger partial charge in [0.1, 0.15) is 5.75 Å². The third kappa shape index (κ3) is 4.77. The Labute approximate surface area is 99.7 Å². The van der Waals surface area contributed by atoms with E-state index < -0.39 is 0 Å². The van der Waals surface area contributed by atoms with Gasteiger partial charge in [-0.3, -0.25) is 0 Å². The first kappa shape index (κ1) is 19.3. The Bertz CT molecular complexity index is 262. The maximum absolute atomic E-state index is 9.46. The van der Waals surface area contributed by atoms with Crippen LogP contribution in [-0.2, 0) is 32.7 Å². The third-order valence-electron chi connectivity index (χ3n) is 1.81. The molecule has 1 aromatic rings. The zero-order valence-electron chi connectivity index (χ0n) is 8.57. The number of aromatic hydroxyl groups is 1. The molecule has 0 aromatic heterocycles. The molecule has 1 rings (SSSR count). The summed E-state index contributed by atoms with van der Waals surface area (Å²) in [7, 11) is 0. The van der Waals surface area contributed by atoms with E-state index in [1.807, 2.05) is 19.1 Å². The van der Waals surface area contributed by atoms with Crippen LogP contribution in [0.5, 0.6) is 5.75 Å². The first-order valence-corrected chi connectivity index (χ1v) is 3.91. The minimum Gasteiger partial charge on any atom is -2.00 e. The Morgan fingerprint density at radius 2 is 1.64 bits per heavy atom. The second-order valence-electron chi connectivity index (χ2n) is 3.22. The minimum atomic E-state index is 0. The van der Waals surface area contributed by atoms with Crippen molar-refractivity contribution in [3.05, 3.63) is 29.3 Å². The minimum absolute atomic E-state index is 0. The van der Waals surface area contributed by atoms with E-state index in [-0.39, 0.29) is 32.7 Å². The number of phenolic OH excluding ortho intramolecular Hbond substituents is 1. The molecule has 0 unspecified atom stereocenters. The third-order valence-corrected chi connectivity index (χ3v) is 1.81. The van der Waals surface area contributed by atoms with Gasteiger partial charge in [-0.2, -0.15) is 0 Å². The summed E-state index contributed by atoms with van der Waals surface area (Å²) in [6.45, 7) is 6.12. The molecule has 0 atom stereocenters. The molecule has 0 spiro atoms. The SMILES string of the molecule is Cc1ccc(C(C)C)c(O)c1.[O-2].[O-2].[Ti+4]. The van der Waals surface area contributed by atoms with Gasteiger partial charge >= 0.3 is 21.7 Å². The maximum atomic E-state index is 9.46. The van der Waals surface area contributed by atoms with Crippen LogP contribution in [0.4, 0.5) is 0 Å². The van der Waals surface area contributed by atoms with E-state index in [0.29, 0.717) is 11.7 Å². The van der Waals surface area contributed by atoms with E-state index in [4.69, 9.17) is 0 Å². The fraction of sp³-hybridized carbons (Fsp3) is 0.400. The van der Waals surface area contributed by atoms with E-state index >= 15 is 0 Å². The van der Waals surface area contributed by atoms with Gasteiger partial charge in [-0.05, 0) is 30.0 Å². The molecule has 0 saturated carbocycles. The largest absolute Gasteiger partial charge is 4.00 e. The van der Waals surface area contributed by atoms with Crippen LogP contribution < -0.4 is 0 Å². The van der Waals surface area contributed by atoms with Gasteiger partial charge in [-0.25, -0.2) is 0 Å². The van der Waals surface area contributed by atoms with Crippen molar-refractivity contribution >= 4 is 0 Å². The Morgan fingerprint density at radius 3 is 2.00 bits per heavy atom. The first-order valence-electron chi connectivity index (χ1n) is 3.91. The van der Waals surface area contributed by atoms with Gasteiger partial charge in [-0.1, -0.05) is 26.0 Å². The van der Waals surface area contributed by atoms with Crippen molar-refractivity contribution in [1.29, 1.82) is 0 Å². The smallest absolute Gasteiger partial charge is 2.00 e. The Hall–Kier alpha value is -0.346. The van der Waals surface area contributed by atoms with Crippen LogP contribution in [0.1, 0.15) is 30.9 Å². The van der Waals surface area contributed by atoms with Gasteiger partial charge in [-0.15, -0.1) is 0 Å². The average molecular weight is 230 g/mol. The molecule has 0 aliphatic carbocycles. The zero-order valence-corrected chi connectivity index (χ0v) is 10.1. The molecule has 0 fully saturated rings. The summed E-state index contributed by atoms with van der Waals surface area (Å²) in [4.78, 5) is 0. The second kappa shape index (κ2) is 8.00. The van der Waals surface area contributed by atoms with Crippen LogP contribution in [-0.4, -0.2) is 5.11 Å². The van der Waals surface area contributed by atoms with Crippen molar-refractivity contribution in [2.24, 2.45) is 0 Å². The quantitative estimate of drug-likeness (QED) is 0.739. The summed E-state index contributed by atoms with van der Waals surface area (Å²) in [6.07, 6.45) is 0. The fourth-order valence-corrected chi connectivity index (χ4v) is 1.14. The summed E-state index contributed by atoms with van der Waals surface area (Å²) in [6, 6.07) is 5.81. The standard InChI is InChI=1S/C10H14O.2O.Ti/c1-7(2)9-5-4-8(3)6-10(9)11;;;/h4-7,11H,1-3H3;;;/q;2*-2;+4. The number of hydrogen-bond acceptors (Lipinski definition) is 1. The fourth-order valence-electron chi connectivity index (χ4n) is 1.14. The molecule has 1 N–H and O–H groups in total. The van der Waals surface area contributed by atoms with Gasteiger partial charge in [0.05, 0.1) is 0 Å². The topological polar surface area (TPSA) is 77.2 Å². The van der Waals surface area contributed by atoms with Crippen molar-refractivity contribution in [2.45, 2.75) is 26.7 Å². The average Bonchev–Trinajstić information content (AvgIpc) is 1.85. The molecule has 4 heteroatoms. The molecule has 0 bridgehead atoms. The predicted molar refractivity (Wildman–Crippen MR) is 48.3 cm³/mol. The molecule has 3 nitrogen and oxygen atoms in total. The van der Waals surface area contributed by atoms with Gasteiger partial charge in [0.25, 0.3) is 0 Å². The van der Waals surface area contributed by atoms with Crippen LogP contribution in [0, 0.1) is 6.92 Å². The van der Waals surface area contributed by atoms with E-state index in [1.54, 1.807) is 6.07 Å². The molecular weight excluding hydrogens is 216 g/mol. The molecule has 1 aromatic carbocycles. The van der Waals surface area contributed by atoms with Crippen LogP contribution in [0.25, 0.3) is 0 Å². The number of benzene rings is 1. The Morgan fingerprint density at radius 1 is 1.14 bits per heavy atom. The normalized spacial score (nSPS) is 8.29. The van der Waals surface area contributed by atoms with Crippen molar-refractivity contribution in [3.8, 4) is 5.75 Å². The van der Waals surface area contributed by atoms with E-state index in [2.05, 4.69) is 13.8 Å². The van der Waals surface area contributed by atoms with E-state index in [1.165, 1.54) is 0 Å². The molecule has 0 saturated heterocycles. The van der Waals surface area contributed by atoms with Crippen LogP contribution in [0.15, 0.2) is 18.2 Å². The number of aryl methyl sites for hydroxylation is 1. The van der Waals surface area contributed by atoms with Gasteiger partial charge < -0.3 is 16.1 Å². The van der Waals surface area contributed by atoms with Gasteiger partial charge in [0.15, 0.2) is 0 Å². The molecule has 0 aliphatic rings. The Balaban J connectivity index is -0.000000403. The van der Waals surface area contributed by atoms with Crippen LogP contribution >= 0.6 is 0 Å². The second-order valence-corrected chi connectivity index (χ2v) is 3.22. The zero-order chi connectivity index (χ0) is 8.43. The van der Waals surface area contributed by atoms with Crippen molar-refractivity contribution < 1.29 is 37.8 Å². The molecule has 14 heavy (non-hydrogen) atoms. The summed E-state index contributed by atoms with van der Waals surface area (Å²) in [5.41, 5.74) is 2.13. The van der Waals surface area contributed by atoms with Crippen molar-refractivity contribution in [1.82, 2.24) is 0 Å². The van der Waals surface area contributed by atoms with Crippen molar-refractivity contribution in [2.75, 3.05) is 0 Å². The molecule has 76 valence electrons. The molecule has 0 heterocycles. The summed E-state index contributed by atoms with van der Waals surface area (Å²) in [5, 5.41) is 9.46. The molecule has 0 amide bonds. The molecular formula is C10H14O3Ti. The van der Waals surface area contributed by atoms with Crippen LogP contribution in [0.3, 0.4) is 0 Å². The van der Waals surface area contributed by atoms with Gasteiger partial charge in [0.2, 0.25) is 0 Å². The van der Waals surface area contributed by atoms with E-state index in [9.17, 15) is 5.11 Å². The van der Waals surface area contributed by atoms with Crippen molar-refractivity contribution in [3.63, 3.8) is 0 Å². The van der Waals surface area contributed by atoms with Gasteiger partial charge in [0, 0.05) is 0 Å². The Kier molecular flexibility index (Phi) is 11.0. The first-order chi connectivity index (χ1) is 5.11.